The summed E-state index contributed by atoms with van der Waals surface area (Å²) in [7, 11) is 1.60. The van der Waals surface area contributed by atoms with Gasteiger partial charge in [-0.1, -0.05) is 6.07 Å². The summed E-state index contributed by atoms with van der Waals surface area (Å²) >= 11 is 0. The number of carbonyl (C=O) groups excluding carboxylic acids is 1. The van der Waals surface area contributed by atoms with Crippen LogP contribution in [-0.2, 0) is 11.3 Å². The van der Waals surface area contributed by atoms with Gasteiger partial charge in [0.25, 0.3) is 0 Å². The molecule has 0 aliphatic heterocycles. The van der Waals surface area contributed by atoms with Crippen LogP contribution in [0, 0.1) is 0 Å². The molecule has 0 spiro atoms. The molecule has 1 amide bonds. The second kappa shape index (κ2) is 8.48. The Hall–Kier alpha value is -1.62. The first kappa shape index (κ1) is 15.4. The zero-order valence-corrected chi connectivity index (χ0v) is 12.0. The summed E-state index contributed by atoms with van der Waals surface area (Å²) in [4.78, 5) is 17.9. The number of ether oxygens (including phenoxy) is 1. The van der Waals surface area contributed by atoms with Gasteiger partial charge >= 0.3 is 0 Å². The normalized spacial score (nSPS) is 10.3. The highest BCUT2D eigenvalue weighted by Gasteiger charge is 2.08. The molecule has 0 aliphatic carbocycles. The van der Waals surface area contributed by atoms with Crippen molar-refractivity contribution in [3.63, 3.8) is 0 Å². The number of aromatic nitrogens is 1. The molecule has 1 rings (SSSR count). The number of pyridine rings is 1. The summed E-state index contributed by atoms with van der Waals surface area (Å²) < 4.78 is 5.06. The molecule has 0 aliphatic rings. The van der Waals surface area contributed by atoms with Gasteiger partial charge in [-0.05, 0) is 19.9 Å². The van der Waals surface area contributed by atoms with E-state index in [-0.39, 0.29) is 5.91 Å². The van der Waals surface area contributed by atoms with Gasteiger partial charge in [0.1, 0.15) is 0 Å². The average molecular weight is 265 g/mol. The summed E-state index contributed by atoms with van der Waals surface area (Å²) in [5.41, 5.74) is 0.912. The Balaban J connectivity index is 2.28. The Labute approximate surface area is 115 Å². The van der Waals surface area contributed by atoms with E-state index in [1.165, 1.54) is 0 Å². The van der Waals surface area contributed by atoms with E-state index in [2.05, 4.69) is 10.3 Å². The first-order chi connectivity index (χ1) is 9.21. The Kier molecular flexibility index (Phi) is 6.89. The van der Waals surface area contributed by atoms with Crippen LogP contribution >= 0.6 is 0 Å². The maximum Gasteiger partial charge on any atom is 0.223 e. The minimum absolute atomic E-state index is 0.191. The molecule has 0 saturated heterocycles. The summed E-state index contributed by atoms with van der Waals surface area (Å²) in [6.45, 7) is 6.83. The third kappa shape index (κ3) is 5.26. The van der Waals surface area contributed by atoms with E-state index in [0.717, 1.165) is 18.8 Å². The number of rotatable bonds is 8. The maximum atomic E-state index is 11.8. The second-order valence-electron chi connectivity index (χ2n) is 4.16. The molecule has 0 unspecified atom stereocenters. The number of nitrogens with one attached hydrogen (secondary N) is 1. The minimum atomic E-state index is 0.191. The Morgan fingerprint density at radius 2 is 2.11 bits per heavy atom. The molecule has 0 aromatic carbocycles. The maximum absolute atomic E-state index is 11.8. The van der Waals surface area contributed by atoms with Gasteiger partial charge in [0.2, 0.25) is 11.8 Å². The van der Waals surface area contributed by atoms with Gasteiger partial charge in [0.05, 0.1) is 12.8 Å². The van der Waals surface area contributed by atoms with Crippen molar-refractivity contribution in [1.82, 2.24) is 15.2 Å². The van der Waals surface area contributed by atoms with Gasteiger partial charge in [-0.2, -0.15) is 0 Å². The summed E-state index contributed by atoms with van der Waals surface area (Å²) in [5.74, 6) is 0.801. The average Bonchev–Trinajstić information content (AvgIpc) is 2.45. The predicted octanol–water partition coefficient (Wildman–Crippen LogP) is 1.44. The Morgan fingerprint density at radius 1 is 1.37 bits per heavy atom. The third-order valence-corrected chi connectivity index (χ3v) is 2.93. The van der Waals surface area contributed by atoms with Crippen LogP contribution in [0.25, 0.3) is 0 Å². The molecule has 5 nitrogen and oxygen atoms in total. The van der Waals surface area contributed by atoms with Crippen molar-refractivity contribution in [2.24, 2.45) is 0 Å². The molecular weight excluding hydrogens is 242 g/mol. The van der Waals surface area contributed by atoms with Gasteiger partial charge in [0.15, 0.2) is 0 Å². The zero-order valence-electron chi connectivity index (χ0n) is 12.0. The monoisotopic (exact) mass is 265 g/mol. The molecule has 0 bridgehead atoms. The molecule has 1 aromatic heterocycles. The van der Waals surface area contributed by atoms with Crippen LogP contribution in [0.15, 0.2) is 18.2 Å². The van der Waals surface area contributed by atoms with E-state index in [0.29, 0.717) is 25.4 Å². The van der Waals surface area contributed by atoms with Crippen LogP contribution in [0.2, 0.25) is 0 Å². The lowest BCUT2D eigenvalue weighted by Gasteiger charge is -2.18. The molecule has 1 N–H and O–H groups in total. The second-order valence-corrected chi connectivity index (χ2v) is 4.16. The molecule has 0 atom stereocenters. The molecule has 19 heavy (non-hydrogen) atoms. The Bertz CT molecular complexity index is 392. The fourth-order valence-electron chi connectivity index (χ4n) is 1.82. The van der Waals surface area contributed by atoms with Gasteiger partial charge in [-0.15, -0.1) is 0 Å². The minimum Gasteiger partial charge on any atom is -0.481 e. The topological polar surface area (TPSA) is 54.5 Å². The molecule has 1 heterocycles. The van der Waals surface area contributed by atoms with Crippen LogP contribution in [-0.4, -0.2) is 42.5 Å². The van der Waals surface area contributed by atoms with Gasteiger partial charge in [0, 0.05) is 38.7 Å². The third-order valence-electron chi connectivity index (χ3n) is 2.93. The highest BCUT2D eigenvalue weighted by molar-refractivity contribution is 5.76. The van der Waals surface area contributed by atoms with Crippen molar-refractivity contribution in [1.29, 1.82) is 0 Å². The van der Waals surface area contributed by atoms with Crippen LogP contribution in [0.5, 0.6) is 5.88 Å². The molecule has 0 radical (unpaired) electrons. The number of hydrogen-bond donors (Lipinski definition) is 1. The summed E-state index contributed by atoms with van der Waals surface area (Å²) in [6, 6.07) is 5.65. The van der Waals surface area contributed by atoms with E-state index < -0.39 is 0 Å². The van der Waals surface area contributed by atoms with Crippen molar-refractivity contribution >= 4 is 5.91 Å². The standard InChI is InChI=1S/C14H23N3O2/c1-4-17(5-2)14(18)9-10-15-11-12-7-6-8-13(16-12)19-3/h6-8,15H,4-5,9-11H2,1-3H3. The predicted molar refractivity (Wildman–Crippen MR) is 75.0 cm³/mol. The van der Waals surface area contributed by atoms with Crippen LogP contribution in [0.1, 0.15) is 26.0 Å². The molecule has 5 heteroatoms. The highest BCUT2D eigenvalue weighted by atomic mass is 16.5. The largest absolute Gasteiger partial charge is 0.481 e. The van der Waals surface area contributed by atoms with Crippen molar-refractivity contribution in [2.75, 3.05) is 26.7 Å². The van der Waals surface area contributed by atoms with E-state index in [4.69, 9.17) is 4.74 Å². The fourth-order valence-corrected chi connectivity index (χ4v) is 1.82. The summed E-state index contributed by atoms with van der Waals surface area (Å²) in [6.07, 6.45) is 0.519. The number of nitrogens with zero attached hydrogens (tertiary/aromatic N) is 2. The van der Waals surface area contributed by atoms with Gasteiger partial charge < -0.3 is 15.0 Å². The summed E-state index contributed by atoms with van der Waals surface area (Å²) in [5, 5.41) is 3.22. The number of amides is 1. The van der Waals surface area contributed by atoms with E-state index in [1.807, 2.05) is 36.9 Å². The van der Waals surface area contributed by atoms with Crippen molar-refractivity contribution < 1.29 is 9.53 Å². The van der Waals surface area contributed by atoms with Gasteiger partial charge in [-0.3, -0.25) is 4.79 Å². The first-order valence-electron chi connectivity index (χ1n) is 6.69. The lowest BCUT2D eigenvalue weighted by molar-refractivity contribution is -0.130. The number of hydrogen-bond acceptors (Lipinski definition) is 4. The first-order valence-corrected chi connectivity index (χ1v) is 6.69. The van der Waals surface area contributed by atoms with Crippen molar-refractivity contribution in [3.05, 3.63) is 23.9 Å². The Morgan fingerprint density at radius 3 is 2.74 bits per heavy atom. The van der Waals surface area contributed by atoms with Crippen LogP contribution < -0.4 is 10.1 Å². The lowest BCUT2D eigenvalue weighted by Crippen LogP contribution is -2.32. The zero-order chi connectivity index (χ0) is 14.1. The van der Waals surface area contributed by atoms with E-state index in [1.54, 1.807) is 7.11 Å². The van der Waals surface area contributed by atoms with E-state index in [9.17, 15) is 4.79 Å². The molecule has 0 fully saturated rings. The number of carbonyl (C=O) groups is 1. The van der Waals surface area contributed by atoms with Crippen LogP contribution in [0.3, 0.4) is 0 Å². The van der Waals surface area contributed by atoms with E-state index >= 15 is 0 Å². The van der Waals surface area contributed by atoms with Crippen molar-refractivity contribution in [3.8, 4) is 5.88 Å². The quantitative estimate of drug-likeness (QED) is 0.723. The molecular formula is C14H23N3O2. The van der Waals surface area contributed by atoms with Crippen LogP contribution in [0.4, 0.5) is 0 Å². The smallest absolute Gasteiger partial charge is 0.223 e. The lowest BCUT2D eigenvalue weighted by atomic mass is 10.3. The molecule has 0 saturated carbocycles. The molecule has 106 valence electrons. The highest BCUT2D eigenvalue weighted by Crippen LogP contribution is 2.06. The number of methoxy groups -OCH3 is 1. The van der Waals surface area contributed by atoms with Crippen molar-refractivity contribution in [2.45, 2.75) is 26.8 Å². The molecule has 1 aromatic rings. The van der Waals surface area contributed by atoms with Gasteiger partial charge in [-0.25, -0.2) is 4.98 Å². The fraction of sp³-hybridized carbons (Fsp3) is 0.571. The SMILES string of the molecule is CCN(CC)C(=O)CCNCc1cccc(OC)n1.